The summed E-state index contributed by atoms with van der Waals surface area (Å²) in [5.41, 5.74) is 7.24. The monoisotopic (exact) mass is 273 g/mol. The fraction of sp³-hybridized carbons (Fsp3) is 0.538. The van der Waals surface area contributed by atoms with Crippen molar-refractivity contribution in [3.05, 3.63) is 34.9 Å². The highest BCUT2D eigenvalue weighted by molar-refractivity contribution is 7.99. The SMILES string of the molecule is COCCCSC(c1cccc(Cl)c1)C(C)N. The molecule has 1 rings (SSSR count). The van der Waals surface area contributed by atoms with Crippen molar-refractivity contribution in [3.63, 3.8) is 0 Å². The van der Waals surface area contributed by atoms with Crippen LogP contribution in [0.5, 0.6) is 0 Å². The van der Waals surface area contributed by atoms with Crippen molar-refractivity contribution in [2.75, 3.05) is 19.5 Å². The van der Waals surface area contributed by atoms with E-state index in [9.17, 15) is 0 Å². The molecule has 17 heavy (non-hydrogen) atoms. The molecule has 0 spiro atoms. The molecule has 0 fully saturated rings. The Kier molecular flexibility index (Phi) is 6.97. The summed E-state index contributed by atoms with van der Waals surface area (Å²) in [5.74, 6) is 1.05. The molecular formula is C13H20ClNOS. The molecule has 0 aliphatic heterocycles. The summed E-state index contributed by atoms with van der Waals surface area (Å²) in [6.45, 7) is 2.84. The van der Waals surface area contributed by atoms with Gasteiger partial charge in [-0.25, -0.2) is 0 Å². The second kappa shape index (κ2) is 7.98. The zero-order valence-electron chi connectivity index (χ0n) is 10.4. The molecule has 0 saturated carbocycles. The van der Waals surface area contributed by atoms with Gasteiger partial charge >= 0.3 is 0 Å². The molecule has 2 nitrogen and oxygen atoms in total. The second-order valence-electron chi connectivity index (χ2n) is 4.05. The summed E-state index contributed by atoms with van der Waals surface area (Å²) in [5, 5.41) is 1.07. The first-order valence-electron chi connectivity index (χ1n) is 5.76. The van der Waals surface area contributed by atoms with Crippen molar-refractivity contribution in [2.45, 2.75) is 24.6 Å². The Labute approximate surface area is 113 Å². The third-order valence-corrected chi connectivity index (χ3v) is 4.27. The van der Waals surface area contributed by atoms with Gasteiger partial charge in [-0.2, -0.15) is 11.8 Å². The van der Waals surface area contributed by atoms with Crippen LogP contribution in [0.1, 0.15) is 24.2 Å². The molecule has 2 atom stereocenters. The number of nitrogens with two attached hydrogens (primary N) is 1. The van der Waals surface area contributed by atoms with Gasteiger partial charge in [0, 0.05) is 30.0 Å². The highest BCUT2D eigenvalue weighted by Gasteiger charge is 2.16. The quantitative estimate of drug-likeness (QED) is 0.773. The minimum absolute atomic E-state index is 0.112. The van der Waals surface area contributed by atoms with Gasteiger partial charge in [0.05, 0.1) is 0 Å². The van der Waals surface area contributed by atoms with E-state index in [0.29, 0.717) is 5.25 Å². The molecule has 2 unspecified atom stereocenters. The van der Waals surface area contributed by atoms with Crippen molar-refractivity contribution < 1.29 is 4.74 Å². The van der Waals surface area contributed by atoms with Crippen LogP contribution in [0.4, 0.5) is 0 Å². The Morgan fingerprint density at radius 2 is 2.24 bits per heavy atom. The van der Waals surface area contributed by atoms with Gasteiger partial charge in [0.15, 0.2) is 0 Å². The Hall–Kier alpha value is -0.220. The van der Waals surface area contributed by atoms with Crippen LogP contribution in [-0.4, -0.2) is 25.5 Å². The molecular weight excluding hydrogens is 254 g/mol. The third-order valence-electron chi connectivity index (χ3n) is 2.44. The van der Waals surface area contributed by atoms with Gasteiger partial charge in [-0.3, -0.25) is 0 Å². The second-order valence-corrected chi connectivity index (χ2v) is 5.74. The highest BCUT2D eigenvalue weighted by atomic mass is 35.5. The number of thioether (sulfide) groups is 1. The lowest BCUT2D eigenvalue weighted by Crippen LogP contribution is -2.23. The van der Waals surface area contributed by atoms with Gasteiger partial charge in [0.25, 0.3) is 0 Å². The van der Waals surface area contributed by atoms with Gasteiger partial charge in [-0.15, -0.1) is 0 Å². The molecule has 0 radical (unpaired) electrons. The molecule has 0 aliphatic carbocycles. The van der Waals surface area contributed by atoms with E-state index in [0.717, 1.165) is 23.8 Å². The number of hydrogen-bond donors (Lipinski definition) is 1. The van der Waals surface area contributed by atoms with Crippen LogP contribution in [-0.2, 0) is 4.74 Å². The maximum absolute atomic E-state index is 6.04. The van der Waals surface area contributed by atoms with E-state index in [4.69, 9.17) is 22.1 Å². The number of hydrogen-bond acceptors (Lipinski definition) is 3. The predicted molar refractivity (Wildman–Crippen MR) is 76.8 cm³/mol. The summed E-state index contributed by atoms with van der Waals surface area (Å²) >= 11 is 7.88. The minimum Gasteiger partial charge on any atom is -0.385 e. The molecule has 0 saturated heterocycles. The van der Waals surface area contributed by atoms with Gasteiger partial charge in [-0.05, 0) is 36.8 Å². The Balaban J connectivity index is 2.59. The topological polar surface area (TPSA) is 35.2 Å². The number of ether oxygens (including phenoxy) is 1. The average Bonchev–Trinajstić information content (AvgIpc) is 2.28. The molecule has 0 amide bonds. The molecule has 0 aromatic heterocycles. The number of halogens is 1. The van der Waals surface area contributed by atoms with Crippen molar-refractivity contribution in [1.82, 2.24) is 0 Å². The van der Waals surface area contributed by atoms with Crippen molar-refractivity contribution in [3.8, 4) is 0 Å². The van der Waals surface area contributed by atoms with Crippen molar-refractivity contribution in [2.24, 2.45) is 5.73 Å². The summed E-state index contributed by atoms with van der Waals surface area (Å²) in [6, 6.07) is 8.06. The summed E-state index contributed by atoms with van der Waals surface area (Å²) in [4.78, 5) is 0. The van der Waals surface area contributed by atoms with Gasteiger partial charge in [0.1, 0.15) is 0 Å². The van der Waals surface area contributed by atoms with Crippen LogP contribution in [0.25, 0.3) is 0 Å². The van der Waals surface area contributed by atoms with Crippen LogP contribution in [0.15, 0.2) is 24.3 Å². The first kappa shape index (κ1) is 14.8. The molecule has 1 aromatic rings. The third kappa shape index (κ3) is 5.30. The number of rotatable bonds is 7. The van der Waals surface area contributed by atoms with Gasteiger partial charge in [-0.1, -0.05) is 23.7 Å². The standard InChI is InChI=1S/C13H20ClNOS/c1-10(15)13(17-8-4-7-16-2)11-5-3-6-12(14)9-11/h3,5-6,9-10,13H,4,7-8,15H2,1-2H3. The van der Waals surface area contributed by atoms with Crippen molar-refractivity contribution >= 4 is 23.4 Å². The largest absolute Gasteiger partial charge is 0.385 e. The van der Waals surface area contributed by atoms with Gasteiger partial charge in [0.2, 0.25) is 0 Å². The lowest BCUT2D eigenvalue weighted by Gasteiger charge is -2.21. The summed E-state index contributed by atoms with van der Waals surface area (Å²) < 4.78 is 5.04. The molecule has 0 aliphatic rings. The predicted octanol–water partition coefficient (Wildman–Crippen LogP) is 3.50. The van der Waals surface area contributed by atoms with Crippen LogP contribution in [0, 0.1) is 0 Å². The Bertz CT molecular complexity index is 333. The first-order chi connectivity index (χ1) is 8.15. The lowest BCUT2D eigenvalue weighted by molar-refractivity contribution is 0.200. The van der Waals surface area contributed by atoms with Crippen LogP contribution < -0.4 is 5.73 Å². The van der Waals surface area contributed by atoms with E-state index >= 15 is 0 Å². The lowest BCUT2D eigenvalue weighted by atomic mass is 10.1. The maximum atomic E-state index is 6.04. The molecule has 0 heterocycles. The first-order valence-corrected chi connectivity index (χ1v) is 7.19. The molecule has 96 valence electrons. The summed E-state index contributed by atoms with van der Waals surface area (Å²) in [6.07, 6.45) is 1.05. The van der Waals surface area contributed by atoms with Gasteiger partial charge < -0.3 is 10.5 Å². The van der Waals surface area contributed by atoms with E-state index < -0.39 is 0 Å². The van der Waals surface area contributed by atoms with E-state index in [1.54, 1.807) is 7.11 Å². The molecule has 0 bridgehead atoms. The number of benzene rings is 1. The Morgan fingerprint density at radius 1 is 1.47 bits per heavy atom. The molecule has 4 heteroatoms. The molecule has 1 aromatic carbocycles. The van der Waals surface area contributed by atoms with Crippen LogP contribution >= 0.6 is 23.4 Å². The van der Waals surface area contributed by atoms with Crippen molar-refractivity contribution in [1.29, 1.82) is 0 Å². The zero-order valence-corrected chi connectivity index (χ0v) is 11.9. The zero-order chi connectivity index (χ0) is 12.7. The van der Waals surface area contributed by atoms with Crippen LogP contribution in [0.3, 0.4) is 0 Å². The Morgan fingerprint density at radius 3 is 2.82 bits per heavy atom. The van der Waals surface area contributed by atoms with E-state index in [1.807, 2.05) is 36.9 Å². The van der Waals surface area contributed by atoms with Crippen LogP contribution in [0.2, 0.25) is 5.02 Å². The minimum atomic E-state index is 0.112. The van der Waals surface area contributed by atoms with E-state index in [1.165, 1.54) is 5.56 Å². The smallest absolute Gasteiger partial charge is 0.0470 e. The average molecular weight is 274 g/mol. The summed E-state index contributed by atoms with van der Waals surface area (Å²) in [7, 11) is 1.73. The normalized spacial score (nSPS) is 14.6. The fourth-order valence-electron chi connectivity index (χ4n) is 1.65. The highest BCUT2D eigenvalue weighted by Crippen LogP contribution is 2.32. The number of methoxy groups -OCH3 is 1. The fourth-order valence-corrected chi connectivity index (χ4v) is 3.03. The maximum Gasteiger partial charge on any atom is 0.0470 e. The molecule has 2 N–H and O–H groups in total. The van der Waals surface area contributed by atoms with E-state index in [-0.39, 0.29) is 6.04 Å². The van der Waals surface area contributed by atoms with E-state index in [2.05, 4.69) is 6.07 Å².